The first kappa shape index (κ1) is 14.5. The van der Waals surface area contributed by atoms with Crippen molar-refractivity contribution in [2.75, 3.05) is 6.54 Å². The Morgan fingerprint density at radius 1 is 1.33 bits per heavy atom. The van der Waals surface area contributed by atoms with Crippen LogP contribution in [0.25, 0.3) is 0 Å². The number of carbonyl (C=O) groups excluding carboxylic acids is 1. The number of primary amides is 1. The highest BCUT2D eigenvalue weighted by molar-refractivity contribution is 5.65. The van der Waals surface area contributed by atoms with Crippen LogP contribution in [0.4, 0.5) is 4.79 Å². The SMILES string of the molecule is CC(C)(CC(CN)Cc1ccccc1)OC(N)=O. The van der Waals surface area contributed by atoms with Crippen molar-refractivity contribution in [1.82, 2.24) is 0 Å². The Balaban J connectivity index is 2.59. The molecule has 1 rings (SSSR count). The van der Waals surface area contributed by atoms with Crippen molar-refractivity contribution in [3.8, 4) is 0 Å². The van der Waals surface area contributed by atoms with Crippen LogP contribution in [-0.4, -0.2) is 18.2 Å². The third-order valence-electron chi connectivity index (χ3n) is 2.86. The molecule has 4 nitrogen and oxygen atoms in total. The molecule has 0 fully saturated rings. The summed E-state index contributed by atoms with van der Waals surface area (Å²) in [6, 6.07) is 10.2. The maximum absolute atomic E-state index is 10.8. The topological polar surface area (TPSA) is 78.3 Å². The summed E-state index contributed by atoms with van der Waals surface area (Å²) in [5, 5.41) is 0. The van der Waals surface area contributed by atoms with Crippen LogP contribution in [0.2, 0.25) is 0 Å². The Morgan fingerprint density at radius 3 is 2.44 bits per heavy atom. The van der Waals surface area contributed by atoms with Gasteiger partial charge in [-0.05, 0) is 44.7 Å². The zero-order valence-electron chi connectivity index (χ0n) is 11.1. The number of ether oxygens (including phenoxy) is 1. The molecule has 0 saturated heterocycles. The second kappa shape index (κ2) is 6.40. The molecule has 0 aliphatic heterocycles. The molecule has 1 aromatic rings. The van der Waals surface area contributed by atoms with Gasteiger partial charge in [-0.3, -0.25) is 0 Å². The van der Waals surface area contributed by atoms with Gasteiger partial charge < -0.3 is 16.2 Å². The first-order chi connectivity index (χ1) is 8.43. The first-order valence-electron chi connectivity index (χ1n) is 6.15. The van der Waals surface area contributed by atoms with E-state index in [1.165, 1.54) is 5.56 Å². The lowest BCUT2D eigenvalue weighted by Crippen LogP contribution is -2.35. The van der Waals surface area contributed by atoms with Crippen molar-refractivity contribution < 1.29 is 9.53 Å². The van der Waals surface area contributed by atoms with E-state index in [4.69, 9.17) is 16.2 Å². The summed E-state index contributed by atoms with van der Waals surface area (Å²) in [5.41, 5.74) is 11.5. The van der Waals surface area contributed by atoms with E-state index in [1.807, 2.05) is 32.0 Å². The predicted molar refractivity (Wildman–Crippen MR) is 72.1 cm³/mol. The van der Waals surface area contributed by atoms with Gasteiger partial charge in [0.1, 0.15) is 5.60 Å². The number of carbonyl (C=O) groups is 1. The highest BCUT2D eigenvalue weighted by Crippen LogP contribution is 2.23. The number of benzene rings is 1. The fourth-order valence-electron chi connectivity index (χ4n) is 2.20. The second-order valence-corrected chi connectivity index (χ2v) is 5.18. The molecular weight excluding hydrogens is 228 g/mol. The molecule has 0 aromatic heterocycles. The predicted octanol–water partition coefficient (Wildman–Crippen LogP) is 2.07. The van der Waals surface area contributed by atoms with Crippen LogP contribution in [0.5, 0.6) is 0 Å². The Hall–Kier alpha value is -1.55. The average Bonchev–Trinajstić information content (AvgIpc) is 2.27. The molecule has 1 unspecified atom stereocenters. The number of hydrogen-bond acceptors (Lipinski definition) is 3. The minimum Gasteiger partial charge on any atom is -0.444 e. The maximum Gasteiger partial charge on any atom is 0.405 e. The summed E-state index contributed by atoms with van der Waals surface area (Å²) >= 11 is 0. The fourth-order valence-corrected chi connectivity index (χ4v) is 2.20. The standard InChI is InChI=1S/C14H22N2O2/c1-14(2,18-13(16)17)9-12(10-15)8-11-6-4-3-5-7-11/h3-7,12H,8-10,15H2,1-2H3,(H2,16,17). The largest absolute Gasteiger partial charge is 0.444 e. The summed E-state index contributed by atoms with van der Waals surface area (Å²) in [6.07, 6.45) is 0.833. The smallest absolute Gasteiger partial charge is 0.405 e. The van der Waals surface area contributed by atoms with E-state index < -0.39 is 11.7 Å². The fraction of sp³-hybridized carbons (Fsp3) is 0.500. The molecular formula is C14H22N2O2. The van der Waals surface area contributed by atoms with E-state index in [2.05, 4.69) is 12.1 Å². The number of hydrogen-bond donors (Lipinski definition) is 2. The van der Waals surface area contributed by atoms with Crippen LogP contribution >= 0.6 is 0 Å². The van der Waals surface area contributed by atoms with Crippen LogP contribution in [0.3, 0.4) is 0 Å². The van der Waals surface area contributed by atoms with E-state index in [-0.39, 0.29) is 5.92 Å². The quantitative estimate of drug-likeness (QED) is 0.811. The van der Waals surface area contributed by atoms with E-state index in [1.54, 1.807) is 0 Å². The van der Waals surface area contributed by atoms with Gasteiger partial charge in [-0.15, -0.1) is 0 Å². The van der Waals surface area contributed by atoms with Gasteiger partial charge in [0, 0.05) is 0 Å². The van der Waals surface area contributed by atoms with Crippen LogP contribution in [0, 0.1) is 5.92 Å². The molecule has 0 bridgehead atoms. The molecule has 0 spiro atoms. The Morgan fingerprint density at radius 2 is 1.94 bits per heavy atom. The minimum atomic E-state index is -0.740. The molecule has 0 aliphatic rings. The normalized spacial score (nSPS) is 13.1. The maximum atomic E-state index is 10.8. The van der Waals surface area contributed by atoms with E-state index in [9.17, 15) is 4.79 Å². The summed E-state index contributed by atoms with van der Waals surface area (Å²) in [6.45, 7) is 4.26. The van der Waals surface area contributed by atoms with E-state index in [0.717, 1.165) is 6.42 Å². The van der Waals surface area contributed by atoms with Gasteiger partial charge in [0.15, 0.2) is 0 Å². The van der Waals surface area contributed by atoms with Crippen LogP contribution in [0.15, 0.2) is 30.3 Å². The van der Waals surface area contributed by atoms with Crippen molar-refractivity contribution >= 4 is 6.09 Å². The average molecular weight is 250 g/mol. The Bertz CT molecular complexity index is 377. The van der Waals surface area contributed by atoms with Gasteiger partial charge in [0.25, 0.3) is 0 Å². The van der Waals surface area contributed by atoms with Gasteiger partial charge in [-0.25, -0.2) is 4.79 Å². The summed E-state index contributed by atoms with van der Waals surface area (Å²) in [4.78, 5) is 10.8. The number of rotatable bonds is 6. The van der Waals surface area contributed by atoms with Gasteiger partial charge in [-0.1, -0.05) is 30.3 Å². The molecule has 0 saturated carbocycles. The lowest BCUT2D eigenvalue weighted by Gasteiger charge is -2.28. The molecule has 1 amide bonds. The zero-order valence-corrected chi connectivity index (χ0v) is 11.1. The van der Waals surface area contributed by atoms with Crippen LogP contribution in [-0.2, 0) is 11.2 Å². The molecule has 100 valence electrons. The third-order valence-corrected chi connectivity index (χ3v) is 2.86. The van der Waals surface area contributed by atoms with Crippen LogP contribution < -0.4 is 11.5 Å². The highest BCUT2D eigenvalue weighted by Gasteiger charge is 2.26. The van der Waals surface area contributed by atoms with E-state index in [0.29, 0.717) is 13.0 Å². The Labute approximate surface area is 108 Å². The van der Waals surface area contributed by atoms with Crippen molar-refractivity contribution in [2.45, 2.75) is 32.3 Å². The molecule has 18 heavy (non-hydrogen) atoms. The van der Waals surface area contributed by atoms with Gasteiger partial charge >= 0.3 is 6.09 Å². The van der Waals surface area contributed by atoms with Gasteiger partial charge in [0.2, 0.25) is 0 Å². The van der Waals surface area contributed by atoms with Crippen molar-refractivity contribution in [2.24, 2.45) is 17.4 Å². The number of amides is 1. The zero-order chi connectivity index (χ0) is 13.6. The highest BCUT2D eigenvalue weighted by atomic mass is 16.6. The molecule has 1 atom stereocenters. The first-order valence-corrected chi connectivity index (χ1v) is 6.15. The summed E-state index contributed by atoms with van der Waals surface area (Å²) < 4.78 is 5.09. The molecule has 1 aromatic carbocycles. The van der Waals surface area contributed by atoms with Crippen molar-refractivity contribution in [3.63, 3.8) is 0 Å². The molecule has 0 aliphatic carbocycles. The molecule has 4 N–H and O–H groups in total. The summed E-state index contributed by atoms with van der Waals surface area (Å²) in [7, 11) is 0. The lowest BCUT2D eigenvalue weighted by molar-refractivity contribution is 0.0273. The second-order valence-electron chi connectivity index (χ2n) is 5.18. The van der Waals surface area contributed by atoms with Crippen molar-refractivity contribution in [3.05, 3.63) is 35.9 Å². The third kappa shape index (κ3) is 5.19. The lowest BCUT2D eigenvalue weighted by atomic mass is 9.88. The van der Waals surface area contributed by atoms with Crippen molar-refractivity contribution in [1.29, 1.82) is 0 Å². The molecule has 0 heterocycles. The van der Waals surface area contributed by atoms with Gasteiger partial charge in [-0.2, -0.15) is 0 Å². The minimum absolute atomic E-state index is 0.266. The van der Waals surface area contributed by atoms with E-state index >= 15 is 0 Å². The summed E-state index contributed by atoms with van der Waals surface area (Å²) in [5.74, 6) is 0.266. The molecule has 4 heteroatoms. The Kier molecular flexibility index (Phi) is 5.16. The molecule has 0 radical (unpaired) electrons. The van der Waals surface area contributed by atoms with Gasteiger partial charge in [0.05, 0.1) is 0 Å². The monoisotopic (exact) mass is 250 g/mol. The number of nitrogens with two attached hydrogens (primary N) is 2. The van der Waals surface area contributed by atoms with Crippen LogP contribution in [0.1, 0.15) is 25.8 Å².